The van der Waals surface area contributed by atoms with E-state index < -0.39 is 11.8 Å². The van der Waals surface area contributed by atoms with Crippen molar-refractivity contribution in [1.82, 2.24) is 0 Å². The van der Waals surface area contributed by atoms with Gasteiger partial charge in [0.25, 0.3) is 0 Å². The SMILES string of the molecule is CCCC1CCC(C2CCC(C3=CC(C)(F)C(F)C=C3)CC2)CC1. The summed E-state index contributed by atoms with van der Waals surface area (Å²) in [6.45, 7) is 3.66. The largest absolute Gasteiger partial charge is 0.239 e. The summed E-state index contributed by atoms with van der Waals surface area (Å²) in [7, 11) is 0. The second kappa shape index (κ2) is 7.70. The van der Waals surface area contributed by atoms with E-state index in [1.807, 2.05) is 6.08 Å². The maximum absolute atomic E-state index is 14.2. The fourth-order valence-electron chi connectivity index (χ4n) is 5.37. The molecule has 2 fully saturated rings. The third kappa shape index (κ3) is 4.11. The van der Waals surface area contributed by atoms with Crippen molar-refractivity contribution in [3.05, 3.63) is 23.8 Å². The number of allylic oxidation sites excluding steroid dienone is 4. The van der Waals surface area contributed by atoms with Crippen LogP contribution < -0.4 is 0 Å². The van der Waals surface area contributed by atoms with Gasteiger partial charge in [-0.1, -0.05) is 38.7 Å². The molecule has 2 atom stereocenters. The van der Waals surface area contributed by atoms with E-state index in [1.54, 1.807) is 6.08 Å². The average molecular weight is 337 g/mol. The molecule has 0 aromatic rings. The van der Waals surface area contributed by atoms with Crippen molar-refractivity contribution in [3.8, 4) is 0 Å². The summed E-state index contributed by atoms with van der Waals surface area (Å²) in [4.78, 5) is 0. The van der Waals surface area contributed by atoms with E-state index in [1.165, 1.54) is 64.4 Å². The Morgan fingerprint density at radius 1 is 1.00 bits per heavy atom. The lowest BCUT2D eigenvalue weighted by Gasteiger charge is -2.39. The highest BCUT2D eigenvalue weighted by atomic mass is 19.2. The van der Waals surface area contributed by atoms with Gasteiger partial charge in [-0.25, -0.2) is 8.78 Å². The van der Waals surface area contributed by atoms with E-state index in [4.69, 9.17) is 0 Å². The van der Waals surface area contributed by atoms with E-state index in [-0.39, 0.29) is 0 Å². The zero-order chi connectivity index (χ0) is 17.2. The van der Waals surface area contributed by atoms with Crippen LogP contribution in [0.3, 0.4) is 0 Å². The van der Waals surface area contributed by atoms with Crippen LogP contribution in [0.25, 0.3) is 0 Å². The number of hydrogen-bond acceptors (Lipinski definition) is 0. The van der Waals surface area contributed by atoms with E-state index >= 15 is 0 Å². The van der Waals surface area contributed by atoms with E-state index in [0.29, 0.717) is 5.92 Å². The maximum atomic E-state index is 14.2. The highest BCUT2D eigenvalue weighted by Gasteiger charge is 2.36. The van der Waals surface area contributed by atoms with Crippen LogP contribution in [0.15, 0.2) is 23.8 Å². The molecule has 2 saturated carbocycles. The summed E-state index contributed by atoms with van der Waals surface area (Å²) in [5, 5.41) is 0. The van der Waals surface area contributed by atoms with Crippen molar-refractivity contribution >= 4 is 0 Å². The van der Waals surface area contributed by atoms with Gasteiger partial charge in [0.05, 0.1) is 0 Å². The van der Waals surface area contributed by atoms with Crippen molar-refractivity contribution < 1.29 is 8.78 Å². The first-order valence-corrected chi connectivity index (χ1v) is 10.2. The minimum Gasteiger partial charge on any atom is -0.239 e. The summed E-state index contributed by atoms with van der Waals surface area (Å²) in [5.41, 5.74) is -0.780. The third-order valence-electron chi connectivity index (χ3n) is 6.94. The van der Waals surface area contributed by atoms with Gasteiger partial charge in [-0.2, -0.15) is 0 Å². The van der Waals surface area contributed by atoms with Gasteiger partial charge < -0.3 is 0 Å². The Balaban J connectivity index is 1.49. The maximum Gasteiger partial charge on any atom is 0.161 e. The zero-order valence-electron chi connectivity index (χ0n) is 15.4. The second-order valence-corrected chi connectivity index (χ2v) is 8.74. The molecule has 2 heteroatoms. The van der Waals surface area contributed by atoms with Crippen LogP contribution in [0.1, 0.15) is 78.1 Å². The molecule has 3 aliphatic rings. The molecule has 0 saturated heterocycles. The van der Waals surface area contributed by atoms with Gasteiger partial charge in [0.1, 0.15) is 0 Å². The van der Waals surface area contributed by atoms with Gasteiger partial charge in [0.2, 0.25) is 0 Å². The molecule has 0 spiro atoms. The predicted molar refractivity (Wildman–Crippen MR) is 97.4 cm³/mol. The summed E-state index contributed by atoms with van der Waals surface area (Å²) in [6, 6.07) is 0. The first-order valence-electron chi connectivity index (χ1n) is 10.2. The quantitative estimate of drug-likeness (QED) is 0.520. The topological polar surface area (TPSA) is 0 Å². The number of hydrogen-bond donors (Lipinski definition) is 0. The highest BCUT2D eigenvalue weighted by molar-refractivity contribution is 5.33. The molecule has 2 unspecified atom stereocenters. The lowest BCUT2D eigenvalue weighted by molar-refractivity contribution is 0.136. The van der Waals surface area contributed by atoms with Crippen molar-refractivity contribution in [3.63, 3.8) is 0 Å². The molecule has 0 radical (unpaired) electrons. The fourth-order valence-corrected chi connectivity index (χ4v) is 5.37. The molecule has 0 amide bonds. The summed E-state index contributed by atoms with van der Waals surface area (Å²) < 4.78 is 27.8. The molecule has 0 bridgehead atoms. The molecule has 24 heavy (non-hydrogen) atoms. The van der Waals surface area contributed by atoms with Crippen LogP contribution >= 0.6 is 0 Å². The van der Waals surface area contributed by atoms with Crippen LogP contribution in [0, 0.1) is 23.7 Å². The second-order valence-electron chi connectivity index (χ2n) is 8.74. The molecule has 0 nitrogen and oxygen atoms in total. The van der Waals surface area contributed by atoms with Gasteiger partial charge in [0, 0.05) is 0 Å². The van der Waals surface area contributed by atoms with Crippen LogP contribution in [0.4, 0.5) is 8.78 Å². The molecule has 0 aliphatic heterocycles. The first kappa shape index (κ1) is 18.1. The monoisotopic (exact) mass is 336 g/mol. The number of alkyl halides is 2. The Morgan fingerprint density at radius 2 is 1.58 bits per heavy atom. The van der Waals surface area contributed by atoms with Crippen LogP contribution in [-0.4, -0.2) is 11.8 Å². The van der Waals surface area contributed by atoms with Crippen LogP contribution in [-0.2, 0) is 0 Å². The molecular weight excluding hydrogens is 302 g/mol. The van der Waals surface area contributed by atoms with Crippen molar-refractivity contribution in [1.29, 1.82) is 0 Å². The fraction of sp³-hybridized carbons (Fsp3) is 0.818. The van der Waals surface area contributed by atoms with E-state index in [2.05, 4.69) is 6.92 Å². The molecule has 3 rings (SSSR count). The molecule has 0 aromatic carbocycles. The van der Waals surface area contributed by atoms with E-state index in [0.717, 1.165) is 36.2 Å². The lowest BCUT2D eigenvalue weighted by atomic mass is 9.67. The number of halogens is 2. The molecule has 0 N–H and O–H groups in total. The van der Waals surface area contributed by atoms with Gasteiger partial charge >= 0.3 is 0 Å². The number of rotatable bonds is 4. The first-order chi connectivity index (χ1) is 11.5. The minimum atomic E-state index is -1.82. The molecule has 0 aromatic heterocycles. The van der Waals surface area contributed by atoms with Gasteiger partial charge in [0.15, 0.2) is 11.8 Å². The standard InChI is InChI=1S/C22H34F2/c1-3-4-16-5-7-17(8-6-16)18-9-11-19(12-10-18)20-13-14-21(23)22(2,24)15-20/h13-19,21H,3-12H2,1-2H3. The Labute approximate surface area is 146 Å². The van der Waals surface area contributed by atoms with E-state index in [9.17, 15) is 8.78 Å². The molecule has 136 valence electrons. The molecular formula is C22H34F2. The van der Waals surface area contributed by atoms with Crippen molar-refractivity contribution in [2.24, 2.45) is 23.7 Å². The smallest absolute Gasteiger partial charge is 0.161 e. The Morgan fingerprint density at radius 3 is 2.12 bits per heavy atom. The lowest BCUT2D eigenvalue weighted by Crippen LogP contribution is -2.32. The Kier molecular flexibility index (Phi) is 5.82. The van der Waals surface area contributed by atoms with Crippen molar-refractivity contribution in [2.75, 3.05) is 0 Å². The summed E-state index contributed by atoms with van der Waals surface area (Å²) in [6.07, 6.45) is 16.7. The minimum absolute atomic E-state index is 0.441. The molecule has 0 heterocycles. The van der Waals surface area contributed by atoms with Gasteiger partial charge in [-0.3, -0.25) is 0 Å². The predicted octanol–water partition coefficient (Wildman–Crippen LogP) is 6.96. The average Bonchev–Trinajstić information content (AvgIpc) is 2.58. The normalized spacial score (nSPS) is 43.5. The zero-order valence-corrected chi connectivity index (χ0v) is 15.4. The Hall–Kier alpha value is -0.660. The van der Waals surface area contributed by atoms with Crippen molar-refractivity contribution in [2.45, 2.75) is 89.9 Å². The summed E-state index contributed by atoms with van der Waals surface area (Å²) in [5.74, 6) is 3.23. The van der Waals surface area contributed by atoms with Gasteiger partial charge in [-0.15, -0.1) is 0 Å². The Bertz CT molecular complexity index is 460. The van der Waals surface area contributed by atoms with Crippen LogP contribution in [0.5, 0.6) is 0 Å². The third-order valence-corrected chi connectivity index (χ3v) is 6.94. The highest BCUT2D eigenvalue weighted by Crippen LogP contribution is 2.44. The summed E-state index contributed by atoms with van der Waals surface area (Å²) >= 11 is 0. The van der Waals surface area contributed by atoms with Crippen LogP contribution in [0.2, 0.25) is 0 Å². The molecule has 3 aliphatic carbocycles. The van der Waals surface area contributed by atoms with Gasteiger partial charge in [-0.05, 0) is 86.8 Å².